The third kappa shape index (κ3) is 9.32. The summed E-state index contributed by atoms with van der Waals surface area (Å²) in [4.78, 5) is 75.9. The van der Waals surface area contributed by atoms with Crippen molar-refractivity contribution in [3.8, 4) is 0 Å². The second kappa shape index (κ2) is 15.5. The van der Waals surface area contributed by atoms with Crippen LogP contribution in [0.5, 0.6) is 0 Å². The molecule has 0 bridgehead atoms. The summed E-state index contributed by atoms with van der Waals surface area (Å²) in [6, 6.07) is 4.28. The summed E-state index contributed by atoms with van der Waals surface area (Å²) in [6.45, 7) is 11.6. The number of carbonyl (C=O) groups is 5. The SMILES string of the molecule is CCC[C@H](NC(=O)[C@@H]1C[C@]2(CC(c3cccc(Cl)c3)=NO2)CN1C(=O)[C@@H](NC(=O)CC1C[C@@H](C)O[C@@H](C)C1)C(C)(C)C)C(=O)C(=O)CC1CC1. The van der Waals surface area contributed by atoms with Gasteiger partial charge in [-0.05, 0) is 75.3 Å². The molecule has 1 aliphatic carbocycles. The minimum Gasteiger partial charge on any atom is -0.387 e. The van der Waals surface area contributed by atoms with Crippen LogP contribution in [0.3, 0.4) is 0 Å². The maximum Gasteiger partial charge on any atom is 0.246 e. The largest absolute Gasteiger partial charge is 0.387 e. The van der Waals surface area contributed by atoms with Gasteiger partial charge in [0.25, 0.3) is 0 Å². The number of rotatable bonds is 13. The van der Waals surface area contributed by atoms with Crippen LogP contribution in [0.2, 0.25) is 5.02 Å². The fourth-order valence-electron chi connectivity index (χ4n) is 7.66. The second-order valence-electron chi connectivity index (χ2n) is 16.1. The van der Waals surface area contributed by atoms with Crippen LogP contribution in [-0.2, 0) is 33.5 Å². The van der Waals surface area contributed by atoms with Crippen molar-refractivity contribution in [2.45, 2.75) is 142 Å². The van der Waals surface area contributed by atoms with Gasteiger partial charge in [0.2, 0.25) is 29.3 Å². The number of Topliss-reactive ketones (excluding diaryl/α,β-unsaturated/α-hetero) is 2. The summed E-state index contributed by atoms with van der Waals surface area (Å²) in [5, 5.41) is 10.8. The number of benzene rings is 1. The van der Waals surface area contributed by atoms with E-state index in [2.05, 4.69) is 15.8 Å². The predicted octanol–water partition coefficient (Wildman–Crippen LogP) is 5.15. The smallest absolute Gasteiger partial charge is 0.246 e. The number of ketones is 2. The monoisotopic (exact) mass is 712 g/mol. The third-order valence-corrected chi connectivity index (χ3v) is 10.6. The Bertz CT molecular complexity index is 1490. The van der Waals surface area contributed by atoms with E-state index in [1.807, 2.05) is 53.7 Å². The molecule has 1 aromatic carbocycles. The zero-order valence-electron chi connectivity index (χ0n) is 30.3. The Morgan fingerprint density at radius 1 is 1.04 bits per heavy atom. The van der Waals surface area contributed by atoms with E-state index in [1.54, 1.807) is 12.1 Å². The maximum absolute atomic E-state index is 14.6. The number of carbonyl (C=O) groups excluding carboxylic acids is 5. The van der Waals surface area contributed by atoms with E-state index in [0.29, 0.717) is 30.0 Å². The summed E-state index contributed by atoms with van der Waals surface area (Å²) < 4.78 is 5.85. The lowest BCUT2D eigenvalue weighted by atomic mass is 9.84. The maximum atomic E-state index is 14.6. The molecule has 11 nitrogen and oxygen atoms in total. The number of ether oxygens (including phenoxy) is 1. The highest BCUT2D eigenvalue weighted by Crippen LogP contribution is 2.40. The number of nitrogens with one attached hydrogen (secondary N) is 2. The summed E-state index contributed by atoms with van der Waals surface area (Å²) in [5.41, 5.74) is -0.289. The molecule has 0 aromatic heterocycles. The molecule has 1 unspecified atom stereocenters. The fraction of sp³-hybridized carbons (Fsp3) is 0.684. The van der Waals surface area contributed by atoms with Crippen LogP contribution in [-0.4, -0.2) is 82.4 Å². The molecule has 1 spiro atoms. The van der Waals surface area contributed by atoms with Crippen molar-refractivity contribution in [3.63, 3.8) is 0 Å². The molecule has 3 aliphatic heterocycles. The predicted molar refractivity (Wildman–Crippen MR) is 189 cm³/mol. The van der Waals surface area contributed by atoms with Gasteiger partial charge in [-0.3, -0.25) is 24.0 Å². The molecule has 50 heavy (non-hydrogen) atoms. The molecule has 274 valence electrons. The zero-order chi connectivity index (χ0) is 36.4. The molecule has 5 rings (SSSR count). The van der Waals surface area contributed by atoms with Gasteiger partial charge in [0, 0.05) is 36.3 Å². The highest BCUT2D eigenvalue weighted by Gasteiger charge is 2.55. The highest BCUT2D eigenvalue weighted by atomic mass is 35.5. The Labute approximate surface area is 300 Å². The normalized spacial score (nSPS) is 27.7. The Morgan fingerprint density at radius 3 is 2.36 bits per heavy atom. The van der Waals surface area contributed by atoms with Crippen LogP contribution >= 0.6 is 11.6 Å². The van der Waals surface area contributed by atoms with Crippen LogP contribution in [0.25, 0.3) is 0 Å². The van der Waals surface area contributed by atoms with Crippen molar-refractivity contribution in [2.75, 3.05) is 6.54 Å². The van der Waals surface area contributed by atoms with E-state index < -0.39 is 52.5 Å². The lowest BCUT2D eigenvalue weighted by Gasteiger charge is -2.36. The van der Waals surface area contributed by atoms with Gasteiger partial charge in [-0.25, -0.2) is 0 Å². The van der Waals surface area contributed by atoms with Crippen LogP contribution in [0, 0.1) is 17.3 Å². The van der Waals surface area contributed by atoms with Crippen molar-refractivity contribution < 1.29 is 33.5 Å². The molecular weight excluding hydrogens is 660 g/mol. The fourth-order valence-corrected chi connectivity index (χ4v) is 7.85. The van der Waals surface area contributed by atoms with Gasteiger partial charge in [-0.2, -0.15) is 0 Å². The summed E-state index contributed by atoms with van der Waals surface area (Å²) in [6.07, 6.45) is 5.27. The standard InChI is InChI=1S/C38H53ClN4O7/c1-7-9-28(33(46)31(44)16-24-12-13-24)40-35(47)30-20-38(19-29(42-50-38)26-10-8-11-27(39)18-26)21-43(30)36(48)34(37(4,5)6)41-32(45)17-25-14-22(2)49-23(3)15-25/h8,10-11,18,22-25,28,30,34H,7,9,12-17,19-21H2,1-6H3,(H,40,47)(H,41,45)/t22-,23+,25?,28-,30-,34+,38+/m0/s1. The van der Waals surface area contributed by atoms with Gasteiger partial charge in [0.05, 0.1) is 30.5 Å². The van der Waals surface area contributed by atoms with Crippen molar-refractivity contribution in [3.05, 3.63) is 34.9 Å². The lowest BCUT2D eigenvalue weighted by molar-refractivity contribution is -0.145. The van der Waals surface area contributed by atoms with Gasteiger partial charge in [0.15, 0.2) is 5.60 Å². The van der Waals surface area contributed by atoms with Crippen molar-refractivity contribution in [2.24, 2.45) is 22.4 Å². The summed E-state index contributed by atoms with van der Waals surface area (Å²) >= 11 is 6.26. The number of likely N-dealkylation sites (tertiary alicyclic amines) is 1. The van der Waals surface area contributed by atoms with Gasteiger partial charge in [-0.15, -0.1) is 0 Å². The Balaban J connectivity index is 1.38. The number of hydrogen-bond donors (Lipinski definition) is 2. The first-order valence-electron chi connectivity index (χ1n) is 18.2. The molecular formula is C38H53ClN4O7. The van der Waals surface area contributed by atoms with E-state index in [0.717, 1.165) is 31.2 Å². The van der Waals surface area contributed by atoms with Gasteiger partial charge in [-0.1, -0.05) is 63.0 Å². The second-order valence-corrected chi connectivity index (χ2v) is 16.6. The van der Waals surface area contributed by atoms with Crippen LogP contribution in [0.4, 0.5) is 0 Å². The quantitative estimate of drug-likeness (QED) is 0.269. The van der Waals surface area contributed by atoms with Crippen LogP contribution in [0.15, 0.2) is 29.4 Å². The van der Waals surface area contributed by atoms with Crippen molar-refractivity contribution in [1.82, 2.24) is 15.5 Å². The first kappa shape index (κ1) is 37.9. The first-order chi connectivity index (χ1) is 23.6. The number of hydrogen-bond acceptors (Lipinski definition) is 8. The van der Waals surface area contributed by atoms with E-state index in [-0.39, 0.29) is 55.8 Å². The highest BCUT2D eigenvalue weighted by molar-refractivity contribution is 6.39. The Hall–Kier alpha value is -3.31. The van der Waals surface area contributed by atoms with E-state index in [1.165, 1.54) is 4.90 Å². The number of amides is 3. The molecule has 4 aliphatic rings. The zero-order valence-corrected chi connectivity index (χ0v) is 31.0. The van der Waals surface area contributed by atoms with Crippen molar-refractivity contribution >= 4 is 46.6 Å². The van der Waals surface area contributed by atoms with Crippen LogP contribution < -0.4 is 10.6 Å². The van der Waals surface area contributed by atoms with Gasteiger partial charge in [0.1, 0.15) is 12.1 Å². The van der Waals surface area contributed by atoms with Gasteiger partial charge < -0.3 is 25.1 Å². The Morgan fingerprint density at radius 2 is 1.74 bits per heavy atom. The molecule has 1 aromatic rings. The van der Waals surface area contributed by atoms with Crippen LogP contribution in [0.1, 0.15) is 111 Å². The Kier molecular flexibility index (Phi) is 11.8. The molecule has 3 heterocycles. The third-order valence-electron chi connectivity index (χ3n) is 10.3. The van der Waals surface area contributed by atoms with Gasteiger partial charge >= 0.3 is 0 Å². The topological polar surface area (TPSA) is 143 Å². The van der Waals surface area contributed by atoms with E-state index >= 15 is 0 Å². The molecule has 3 fully saturated rings. The summed E-state index contributed by atoms with van der Waals surface area (Å²) in [5.74, 6) is -1.89. The number of halogens is 1. The first-order valence-corrected chi connectivity index (χ1v) is 18.6. The van der Waals surface area contributed by atoms with E-state index in [4.69, 9.17) is 21.2 Å². The average molecular weight is 713 g/mol. The average Bonchev–Trinajstić information content (AvgIpc) is 3.62. The van der Waals surface area contributed by atoms with Crippen molar-refractivity contribution in [1.29, 1.82) is 0 Å². The molecule has 2 N–H and O–H groups in total. The molecule has 7 atom stereocenters. The molecule has 0 radical (unpaired) electrons. The minimum atomic E-state index is -1.03. The minimum absolute atomic E-state index is 0.0436. The van der Waals surface area contributed by atoms with E-state index in [9.17, 15) is 24.0 Å². The molecule has 2 saturated heterocycles. The number of nitrogens with zero attached hydrogens (tertiary/aromatic N) is 2. The molecule has 1 saturated carbocycles. The number of oxime groups is 1. The molecule has 3 amide bonds. The summed E-state index contributed by atoms with van der Waals surface area (Å²) in [7, 11) is 0. The lowest BCUT2D eigenvalue weighted by Crippen LogP contribution is -2.59. The molecule has 12 heteroatoms.